The van der Waals surface area contributed by atoms with Crippen molar-refractivity contribution in [2.24, 2.45) is 11.7 Å². The fourth-order valence-corrected chi connectivity index (χ4v) is 2.49. The lowest BCUT2D eigenvalue weighted by atomic mass is 10.1. The number of nitrogens with zero attached hydrogens (tertiary/aromatic N) is 3. The van der Waals surface area contributed by atoms with E-state index in [0.717, 1.165) is 23.5 Å². The predicted molar refractivity (Wildman–Crippen MR) is 79.6 cm³/mol. The van der Waals surface area contributed by atoms with Crippen LogP contribution in [0.25, 0.3) is 5.69 Å². The largest absolute Gasteiger partial charge is 0.325 e. The Morgan fingerprint density at radius 2 is 2.16 bits per heavy atom. The van der Waals surface area contributed by atoms with Crippen molar-refractivity contribution in [1.82, 2.24) is 15.0 Å². The molecule has 0 radical (unpaired) electrons. The molecule has 5 heteroatoms. The van der Waals surface area contributed by atoms with Gasteiger partial charge in [0.2, 0.25) is 0 Å². The van der Waals surface area contributed by atoms with E-state index in [1.807, 2.05) is 10.7 Å². The second-order valence-electron chi connectivity index (χ2n) is 4.90. The summed E-state index contributed by atoms with van der Waals surface area (Å²) in [7, 11) is 0. The van der Waals surface area contributed by atoms with Crippen molar-refractivity contribution < 1.29 is 0 Å². The van der Waals surface area contributed by atoms with E-state index >= 15 is 0 Å². The zero-order valence-electron chi connectivity index (χ0n) is 11.6. The average Bonchev–Trinajstić information content (AvgIpc) is 2.81. The maximum Gasteiger partial charge on any atom is 0.0999 e. The number of hydrogen-bond donors (Lipinski definition) is 1. The van der Waals surface area contributed by atoms with Crippen LogP contribution in [0.1, 0.15) is 25.2 Å². The van der Waals surface area contributed by atoms with Crippen molar-refractivity contribution in [1.29, 1.82) is 0 Å². The molecule has 0 saturated carbocycles. The van der Waals surface area contributed by atoms with Gasteiger partial charge in [0.15, 0.2) is 0 Å². The van der Waals surface area contributed by atoms with Gasteiger partial charge in [-0.3, -0.25) is 0 Å². The van der Waals surface area contributed by atoms with Crippen LogP contribution in [-0.2, 0) is 13.0 Å². The van der Waals surface area contributed by atoms with Gasteiger partial charge in [0.1, 0.15) is 0 Å². The lowest BCUT2D eigenvalue weighted by molar-refractivity contribution is 0.611. The number of thioether (sulfide) groups is 1. The summed E-state index contributed by atoms with van der Waals surface area (Å²) in [6.07, 6.45) is 3.00. The SMILES string of the molecule is CSc1cccc(-n2nnc(CN)c2CC(C)C)c1. The standard InChI is InChI=1S/C14H20N4S/c1-10(2)7-14-13(9-15)16-17-18(14)11-5-4-6-12(8-11)19-3/h4-6,8,10H,7,9,15H2,1-3H3. The third kappa shape index (κ3) is 3.16. The smallest absolute Gasteiger partial charge is 0.0999 e. The molecule has 0 bridgehead atoms. The van der Waals surface area contributed by atoms with E-state index in [4.69, 9.17) is 5.73 Å². The van der Waals surface area contributed by atoms with Gasteiger partial charge in [-0.25, -0.2) is 4.68 Å². The van der Waals surface area contributed by atoms with Gasteiger partial charge in [-0.15, -0.1) is 16.9 Å². The lowest BCUT2D eigenvalue weighted by Crippen LogP contribution is -2.09. The van der Waals surface area contributed by atoms with Gasteiger partial charge in [-0.1, -0.05) is 25.1 Å². The highest BCUT2D eigenvalue weighted by atomic mass is 32.2. The minimum absolute atomic E-state index is 0.435. The summed E-state index contributed by atoms with van der Waals surface area (Å²) >= 11 is 1.72. The highest BCUT2D eigenvalue weighted by Crippen LogP contribution is 2.21. The molecule has 0 spiro atoms. The highest BCUT2D eigenvalue weighted by molar-refractivity contribution is 7.98. The summed E-state index contributed by atoms with van der Waals surface area (Å²) in [6, 6.07) is 8.32. The summed E-state index contributed by atoms with van der Waals surface area (Å²) in [6.45, 7) is 4.82. The van der Waals surface area contributed by atoms with E-state index in [1.165, 1.54) is 4.90 Å². The monoisotopic (exact) mass is 276 g/mol. The fourth-order valence-electron chi connectivity index (χ4n) is 2.03. The van der Waals surface area contributed by atoms with Crippen LogP contribution in [-0.4, -0.2) is 21.2 Å². The van der Waals surface area contributed by atoms with Crippen LogP contribution in [0.3, 0.4) is 0 Å². The number of hydrogen-bond acceptors (Lipinski definition) is 4. The molecule has 2 rings (SSSR count). The highest BCUT2D eigenvalue weighted by Gasteiger charge is 2.14. The van der Waals surface area contributed by atoms with Gasteiger partial charge in [-0.2, -0.15) is 0 Å². The quantitative estimate of drug-likeness (QED) is 0.853. The first-order valence-corrected chi connectivity index (χ1v) is 7.66. The first kappa shape index (κ1) is 14.1. The van der Waals surface area contributed by atoms with Crippen LogP contribution >= 0.6 is 11.8 Å². The maximum atomic E-state index is 5.75. The van der Waals surface area contributed by atoms with Crippen molar-refractivity contribution in [3.8, 4) is 5.69 Å². The number of rotatable bonds is 5. The van der Waals surface area contributed by atoms with Crippen molar-refractivity contribution in [3.63, 3.8) is 0 Å². The van der Waals surface area contributed by atoms with E-state index in [0.29, 0.717) is 12.5 Å². The molecule has 0 atom stereocenters. The van der Waals surface area contributed by atoms with E-state index in [2.05, 4.69) is 48.6 Å². The molecule has 0 amide bonds. The van der Waals surface area contributed by atoms with Gasteiger partial charge in [-0.05, 0) is 36.8 Å². The van der Waals surface area contributed by atoms with Crippen LogP contribution in [0.2, 0.25) is 0 Å². The third-order valence-electron chi connectivity index (χ3n) is 2.94. The zero-order valence-corrected chi connectivity index (χ0v) is 12.4. The third-order valence-corrected chi connectivity index (χ3v) is 3.66. The Hall–Kier alpha value is -1.33. The first-order valence-electron chi connectivity index (χ1n) is 6.43. The van der Waals surface area contributed by atoms with E-state index in [1.54, 1.807) is 11.8 Å². The molecule has 0 aliphatic carbocycles. The number of nitrogens with two attached hydrogens (primary N) is 1. The molecule has 0 unspecified atom stereocenters. The van der Waals surface area contributed by atoms with Gasteiger partial charge in [0, 0.05) is 11.4 Å². The molecule has 2 aromatic rings. The molecule has 0 fully saturated rings. The van der Waals surface area contributed by atoms with Crippen LogP contribution in [0, 0.1) is 5.92 Å². The molecule has 4 nitrogen and oxygen atoms in total. The molecular weight excluding hydrogens is 256 g/mol. The number of aromatic nitrogens is 3. The molecule has 1 aromatic carbocycles. The summed E-state index contributed by atoms with van der Waals surface area (Å²) < 4.78 is 1.92. The Morgan fingerprint density at radius 3 is 2.79 bits per heavy atom. The lowest BCUT2D eigenvalue weighted by Gasteiger charge is -2.10. The molecule has 19 heavy (non-hydrogen) atoms. The molecule has 1 heterocycles. The van der Waals surface area contributed by atoms with Crippen molar-refractivity contribution in [3.05, 3.63) is 35.7 Å². The minimum atomic E-state index is 0.435. The van der Waals surface area contributed by atoms with Crippen molar-refractivity contribution in [2.45, 2.75) is 31.7 Å². The van der Waals surface area contributed by atoms with E-state index in [9.17, 15) is 0 Å². The predicted octanol–water partition coefficient (Wildman–Crippen LogP) is 2.65. The molecule has 2 N–H and O–H groups in total. The van der Waals surface area contributed by atoms with Crippen molar-refractivity contribution in [2.75, 3.05) is 6.26 Å². The average molecular weight is 276 g/mol. The Labute approximate surface area is 118 Å². The van der Waals surface area contributed by atoms with Crippen LogP contribution < -0.4 is 5.73 Å². The van der Waals surface area contributed by atoms with Crippen LogP contribution in [0.15, 0.2) is 29.2 Å². The van der Waals surface area contributed by atoms with Gasteiger partial charge < -0.3 is 5.73 Å². The Balaban J connectivity index is 2.45. The van der Waals surface area contributed by atoms with Gasteiger partial charge in [0.05, 0.1) is 17.1 Å². The second-order valence-corrected chi connectivity index (χ2v) is 5.78. The summed E-state index contributed by atoms with van der Waals surface area (Å²) in [5, 5.41) is 8.46. The van der Waals surface area contributed by atoms with E-state index in [-0.39, 0.29) is 0 Å². The Kier molecular flexibility index (Phi) is 4.61. The Morgan fingerprint density at radius 1 is 1.37 bits per heavy atom. The van der Waals surface area contributed by atoms with Gasteiger partial charge in [0.25, 0.3) is 0 Å². The van der Waals surface area contributed by atoms with Crippen LogP contribution in [0.5, 0.6) is 0 Å². The Bertz CT molecular complexity index is 548. The second kappa shape index (κ2) is 6.21. The topological polar surface area (TPSA) is 56.7 Å². The normalized spacial score (nSPS) is 11.2. The van der Waals surface area contributed by atoms with Crippen molar-refractivity contribution >= 4 is 11.8 Å². The molecule has 0 aliphatic rings. The van der Waals surface area contributed by atoms with E-state index < -0.39 is 0 Å². The zero-order chi connectivity index (χ0) is 13.8. The maximum absolute atomic E-state index is 5.75. The molecule has 1 aromatic heterocycles. The number of benzene rings is 1. The summed E-state index contributed by atoms with van der Waals surface area (Å²) in [5.74, 6) is 0.547. The fraction of sp³-hybridized carbons (Fsp3) is 0.429. The van der Waals surface area contributed by atoms with Gasteiger partial charge >= 0.3 is 0 Å². The minimum Gasteiger partial charge on any atom is -0.325 e. The summed E-state index contributed by atoms with van der Waals surface area (Å²) in [4.78, 5) is 1.22. The summed E-state index contributed by atoms with van der Waals surface area (Å²) in [5.41, 5.74) is 8.82. The molecule has 0 saturated heterocycles. The molecular formula is C14H20N4S. The first-order chi connectivity index (χ1) is 9.15. The van der Waals surface area contributed by atoms with Crippen LogP contribution in [0.4, 0.5) is 0 Å². The molecule has 0 aliphatic heterocycles. The molecule has 102 valence electrons.